The van der Waals surface area contributed by atoms with Gasteiger partial charge >= 0.3 is 0 Å². The van der Waals surface area contributed by atoms with Gasteiger partial charge in [0.1, 0.15) is 5.69 Å². The predicted octanol–water partition coefficient (Wildman–Crippen LogP) is 1.84. The fourth-order valence-electron chi connectivity index (χ4n) is 1.65. The van der Waals surface area contributed by atoms with Gasteiger partial charge in [-0.3, -0.25) is 4.79 Å². The van der Waals surface area contributed by atoms with Crippen LogP contribution >= 0.6 is 0 Å². The summed E-state index contributed by atoms with van der Waals surface area (Å²) in [6.45, 7) is 4.22. The van der Waals surface area contributed by atoms with Crippen molar-refractivity contribution in [3.8, 4) is 0 Å². The average Bonchev–Trinajstić information content (AvgIpc) is 2.48. The Morgan fingerprint density at radius 1 is 1.30 bits per heavy atom. The Balaban J connectivity index is 2.39. The number of amides is 1. The van der Waals surface area contributed by atoms with Crippen LogP contribution in [0.1, 0.15) is 43.1 Å². The second-order valence-corrected chi connectivity index (χ2v) is 4.50. The molecule has 1 heterocycles. The number of anilines is 1. The lowest BCUT2D eigenvalue weighted by molar-refractivity contribution is 0.0948. The Morgan fingerprint density at radius 2 is 2.15 bits per heavy atom. The Kier molecular flexibility index (Phi) is 8.30. The highest BCUT2D eigenvalue weighted by molar-refractivity contribution is 5.92. The summed E-state index contributed by atoms with van der Waals surface area (Å²) < 4.78 is 4.96. The number of carbonyl (C=O) groups excluding carboxylic acids is 1. The summed E-state index contributed by atoms with van der Waals surface area (Å²) in [6.07, 6.45) is 5.71. The van der Waals surface area contributed by atoms with Gasteiger partial charge in [0, 0.05) is 33.0 Å². The highest BCUT2D eigenvalue weighted by atomic mass is 16.5. The Morgan fingerprint density at radius 3 is 2.90 bits per heavy atom. The Hall–Kier alpha value is -1.69. The molecule has 6 heteroatoms. The van der Waals surface area contributed by atoms with E-state index < -0.39 is 0 Å². The normalized spacial score (nSPS) is 10.3. The Labute approximate surface area is 120 Å². The molecule has 112 valence electrons. The number of nitrogens with one attached hydrogen (secondary N) is 2. The van der Waals surface area contributed by atoms with Crippen LogP contribution in [0.2, 0.25) is 0 Å². The van der Waals surface area contributed by atoms with Crippen molar-refractivity contribution in [3.63, 3.8) is 0 Å². The number of nitrogens with zero attached hydrogens (tertiary/aromatic N) is 2. The summed E-state index contributed by atoms with van der Waals surface area (Å²) in [4.78, 5) is 20.2. The molecule has 0 bridgehead atoms. The first kappa shape index (κ1) is 16.4. The lowest BCUT2D eigenvalue weighted by Crippen LogP contribution is -2.25. The van der Waals surface area contributed by atoms with Crippen molar-refractivity contribution in [1.29, 1.82) is 0 Å². The third kappa shape index (κ3) is 6.47. The summed E-state index contributed by atoms with van der Waals surface area (Å²) in [5, 5.41) is 5.93. The molecule has 1 aromatic rings. The van der Waals surface area contributed by atoms with Gasteiger partial charge < -0.3 is 15.4 Å². The van der Waals surface area contributed by atoms with E-state index in [0.717, 1.165) is 32.2 Å². The fraction of sp³-hybridized carbons (Fsp3) is 0.643. The first-order valence-corrected chi connectivity index (χ1v) is 7.12. The van der Waals surface area contributed by atoms with E-state index >= 15 is 0 Å². The second-order valence-electron chi connectivity index (χ2n) is 4.50. The van der Waals surface area contributed by atoms with E-state index in [1.54, 1.807) is 19.4 Å². The van der Waals surface area contributed by atoms with Crippen LogP contribution in [0.25, 0.3) is 0 Å². The van der Waals surface area contributed by atoms with Crippen molar-refractivity contribution in [2.75, 3.05) is 32.1 Å². The summed E-state index contributed by atoms with van der Waals surface area (Å²) in [7, 11) is 1.67. The van der Waals surface area contributed by atoms with Crippen LogP contribution in [0, 0.1) is 0 Å². The lowest BCUT2D eigenvalue weighted by Gasteiger charge is -2.07. The molecule has 1 rings (SSSR count). The molecule has 0 saturated carbocycles. The van der Waals surface area contributed by atoms with Crippen LogP contribution in [0.3, 0.4) is 0 Å². The summed E-state index contributed by atoms with van der Waals surface area (Å²) in [5.74, 6) is 0.325. The van der Waals surface area contributed by atoms with Gasteiger partial charge in [0.25, 0.3) is 5.91 Å². The maximum atomic E-state index is 11.9. The fourth-order valence-corrected chi connectivity index (χ4v) is 1.65. The maximum absolute atomic E-state index is 11.9. The van der Waals surface area contributed by atoms with E-state index in [2.05, 4.69) is 27.5 Å². The molecular weight excluding hydrogens is 256 g/mol. The minimum atomic E-state index is -0.150. The van der Waals surface area contributed by atoms with Gasteiger partial charge in [-0.2, -0.15) is 0 Å². The standard InChI is InChI=1S/C14H24N4O2/c1-3-4-5-8-15-13(19)12-7-10-17-14(18-12)16-9-6-11-20-2/h7,10H,3-6,8-9,11H2,1-2H3,(H,15,19)(H,16,17,18). The van der Waals surface area contributed by atoms with E-state index in [9.17, 15) is 4.79 Å². The molecular formula is C14H24N4O2. The van der Waals surface area contributed by atoms with Gasteiger partial charge in [0.2, 0.25) is 5.95 Å². The van der Waals surface area contributed by atoms with Gasteiger partial charge in [-0.25, -0.2) is 9.97 Å². The number of rotatable bonds is 10. The average molecular weight is 280 g/mol. The molecule has 2 N–H and O–H groups in total. The molecule has 0 aliphatic heterocycles. The van der Waals surface area contributed by atoms with E-state index in [4.69, 9.17) is 4.74 Å². The zero-order valence-corrected chi connectivity index (χ0v) is 12.3. The van der Waals surface area contributed by atoms with Crippen molar-refractivity contribution >= 4 is 11.9 Å². The third-order valence-electron chi connectivity index (χ3n) is 2.76. The quantitative estimate of drug-likeness (QED) is 0.640. The molecule has 0 saturated heterocycles. The van der Waals surface area contributed by atoms with E-state index in [0.29, 0.717) is 24.8 Å². The third-order valence-corrected chi connectivity index (χ3v) is 2.76. The maximum Gasteiger partial charge on any atom is 0.270 e. The molecule has 0 aromatic carbocycles. The van der Waals surface area contributed by atoms with Crippen LogP contribution in [0.4, 0.5) is 5.95 Å². The SMILES string of the molecule is CCCCCNC(=O)c1ccnc(NCCCOC)n1. The van der Waals surface area contributed by atoms with Crippen molar-refractivity contribution in [3.05, 3.63) is 18.0 Å². The van der Waals surface area contributed by atoms with Crippen LogP contribution in [0.5, 0.6) is 0 Å². The van der Waals surface area contributed by atoms with E-state index in [1.165, 1.54) is 0 Å². The molecule has 0 atom stereocenters. The van der Waals surface area contributed by atoms with Crippen LogP contribution in [-0.4, -0.2) is 42.7 Å². The molecule has 6 nitrogen and oxygen atoms in total. The number of unbranched alkanes of at least 4 members (excludes halogenated alkanes) is 2. The van der Waals surface area contributed by atoms with E-state index in [1.807, 2.05) is 0 Å². The first-order valence-electron chi connectivity index (χ1n) is 7.12. The first-order chi connectivity index (χ1) is 9.77. The highest BCUT2D eigenvalue weighted by Crippen LogP contribution is 2.01. The highest BCUT2D eigenvalue weighted by Gasteiger charge is 2.07. The van der Waals surface area contributed by atoms with Crippen molar-refractivity contribution in [2.24, 2.45) is 0 Å². The van der Waals surface area contributed by atoms with Crippen LogP contribution in [-0.2, 0) is 4.74 Å². The van der Waals surface area contributed by atoms with Crippen molar-refractivity contribution in [1.82, 2.24) is 15.3 Å². The number of ether oxygens (including phenoxy) is 1. The van der Waals surface area contributed by atoms with Crippen molar-refractivity contribution < 1.29 is 9.53 Å². The molecule has 0 fully saturated rings. The van der Waals surface area contributed by atoms with Gasteiger partial charge in [-0.15, -0.1) is 0 Å². The molecule has 0 radical (unpaired) electrons. The molecule has 0 spiro atoms. The number of carbonyl (C=O) groups is 1. The molecule has 0 aliphatic carbocycles. The van der Waals surface area contributed by atoms with Gasteiger partial charge in [-0.05, 0) is 18.9 Å². The second kappa shape index (κ2) is 10.1. The monoisotopic (exact) mass is 280 g/mol. The molecule has 0 aliphatic rings. The zero-order valence-electron chi connectivity index (χ0n) is 12.3. The molecule has 1 aromatic heterocycles. The molecule has 20 heavy (non-hydrogen) atoms. The minimum Gasteiger partial charge on any atom is -0.385 e. The summed E-state index contributed by atoms with van der Waals surface area (Å²) >= 11 is 0. The lowest BCUT2D eigenvalue weighted by atomic mass is 10.2. The number of aromatic nitrogens is 2. The van der Waals surface area contributed by atoms with Crippen LogP contribution in [0.15, 0.2) is 12.3 Å². The van der Waals surface area contributed by atoms with Crippen LogP contribution < -0.4 is 10.6 Å². The summed E-state index contributed by atoms with van der Waals surface area (Å²) in [6, 6.07) is 1.62. The summed E-state index contributed by atoms with van der Waals surface area (Å²) in [5.41, 5.74) is 0.394. The van der Waals surface area contributed by atoms with Gasteiger partial charge in [0.05, 0.1) is 0 Å². The smallest absolute Gasteiger partial charge is 0.270 e. The number of hydrogen-bond donors (Lipinski definition) is 2. The topological polar surface area (TPSA) is 76.1 Å². The largest absolute Gasteiger partial charge is 0.385 e. The van der Waals surface area contributed by atoms with Gasteiger partial charge in [-0.1, -0.05) is 19.8 Å². The number of hydrogen-bond acceptors (Lipinski definition) is 5. The molecule has 1 amide bonds. The van der Waals surface area contributed by atoms with E-state index in [-0.39, 0.29) is 5.91 Å². The Bertz CT molecular complexity index is 399. The minimum absolute atomic E-state index is 0.150. The molecule has 0 unspecified atom stereocenters. The predicted molar refractivity (Wildman–Crippen MR) is 78.9 cm³/mol. The zero-order chi connectivity index (χ0) is 14.6. The van der Waals surface area contributed by atoms with Gasteiger partial charge in [0.15, 0.2) is 0 Å². The van der Waals surface area contributed by atoms with Crippen molar-refractivity contribution in [2.45, 2.75) is 32.6 Å². The number of methoxy groups -OCH3 is 1.